The Bertz CT molecular complexity index is 224. The second-order valence-corrected chi connectivity index (χ2v) is 3.63. The van der Waals surface area contributed by atoms with Crippen molar-refractivity contribution < 1.29 is 24.1 Å². The number of hydrogen-bond acceptors (Lipinski definition) is 5. The average molecular weight is 232 g/mol. The molecule has 0 aromatic rings. The summed E-state index contributed by atoms with van der Waals surface area (Å²) in [4.78, 5) is 10.9. The van der Waals surface area contributed by atoms with Crippen molar-refractivity contribution in [3.63, 3.8) is 0 Å². The van der Waals surface area contributed by atoms with Crippen LogP contribution in [-0.2, 0) is 19.0 Å². The van der Waals surface area contributed by atoms with E-state index in [1.165, 1.54) is 0 Å². The highest BCUT2D eigenvalue weighted by atomic mass is 16.6. The van der Waals surface area contributed by atoms with Gasteiger partial charge in [-0.25, -0.2) is 4.79 Å². The normalized spacial score (nSPS) is 12.6. The Hall–Kier alpha value is -0.910. The molecular weight excluding hydrogens is 212 g/mol. The predicted molar refractivity (Wildman–Crippen MR) is 58.8 cm³/mol. The van der Waals surface area contributed by atoms with Crippen LogP contribution in [0.4, 0.5) is 0 Å². The van der Waals surface area contributed by atoms with Crippen LogP contribution in [0.25, 0.3) is 0 Å². The number of rotatable bonds is 8. The number of esters is 1. The van der Waals surface area contributed by atoms with Gasteiger partial charge in [-0.05, 0) is 20.8 Å². The van der Waals surface area contributed by atoms with Crippen LogP contribution in [0.15, 0.2) is 12.2 Å². The lowest BCUT2D eigenvalue weighted by Gasteiger charge is -2.14. The fourth-order valence-electron chi connectivity index (χ4n) is 0.854. The molecule has 1 unspecified atom stereocenters. The molecule has 5 nitrogen and oxygen atoms in total. The zero-order valence-corrected chi connectivity index (χ0v) is 10.1. The molecule has 16 heavy (non-hydrogen) atoms. The highest BCUT2D eigenvalue weighted by Crippen LogP contribution is 1.96. The first-order chi connectivity index (χ1) is 7.43. The summed E-state index contributed by atoms with van der Waals surface area (Å²) in [5.74, 6) is -0.442. The molecule has 0 fully saturated rings. The Morgan fingerprint density at radius 1 is 1.38 bits per heavy atom. The Balaban J connectivity index is 3.40. The summed E-state index contributed by atoms with van der Waals surface area (Å²) in [5.41, 5.74) is 0.350. The molecule has 0 radical (unpaired) electrons. The van der Waals surface area contributed by atoms with E-state index in [-0.39, 0.29) is 25.9 Å². The monoisotopic (exact) mass is 232 g/mol. The van der Waals surface area contributed by atoms with E-state index in [0.717, 1.165) is 0 Å². The van der Waals surface area contributed by atoms with E-state index in [2.05, 4.69) is 6.58 Å². The number of hydrogen-bond donors (Lipinski definition) is 1. The zero-order valence-electron chi connectivity index (χ0n) is 10.1. The van der Waals surface area contributed by atoms with E-state index in [4.69, 9.17) is 14.2 Å². The van der Waals surface area contributed by atoms with Crippen LogP contribution in [0, 0.1) is 0 Å². The van der Waals surface area contributed by atoms with Gasteiger partial charge >= 0.3 is 5.97 Å². The second-order valence-electron chi connectivity index (χ2n) is 3.63. The molecule has 5 heteroatoms. The zero-order chi connectivity index (χ0) is 12.6. The minimum absolute atomic E-state index is 0.0557. The van der Waals surface area contributed by atoms with Crippen molar-refractivity contribution in [2.75, 3.05) is 19.8 Å². The van der Waals surface area contributed by atoms with Gasteiger partial charge in [0.15, 0.2) is 6.29 Å². The van der Waals surface area contributed by atoms with Gasteiger partial charge in [-0.1, -0.05) is 6.58 Å². The third-order valence-corrected chi connectivity index (χ3v) is 1.50. The number of aliphatic hydroxyl groups excluding tert-OH is 1. The van der Waals surface area contributed by atoms with Crippen LogP contribution in [0.2, 0.25) is 0 Å². The number of aliphatic hydroxyl groups is 1. The number of ether oxygens (including phenoxy) is 3. The molecule has 0 saturated carbocycles. The van der Waals surface area contributed by atoms with E-state index in [9.17, 15) is 9.90 Å². The van der Waals surface area contributed by atoms with Gasteiger partial charge in [-0.15, -0.1) is 0 Å². The smallest absolute Gasteiger partial charge is 0.333 e. The van der Waals surface area contributed by atoms with Gasteiger partial charge in [0.2, 0.25) is 0 Å². The van der Waals surface area contributed by atoms with Gasteiger partial charge < -0.3 is 19.3 Å². The van der Waals surface area contributed by atoms with Crippen molar-refractivity contribution in [2.45, 2.75) is 33.2 Å². The average Bonchev–Trinajstić information content (AvgIpc) is 2.15. The maximum Gasteiger partial charge on any atom is 0.333 e. The van der Waals surface area contributed by atoms with E-state index in [1.807, 2.05) is 13.8 Å². The van der Waals surface area contributed by atoms with Crippen LogP contribution in [0.3, 0.4) is 0 Å². The molecule has 0 heterocycles. The first-order valence-corrected chi connectivity index (χ1v) is 5.17. The summed E-state index contributed by atoms with van der Waals surface area (Å²) in [5, 5.41) is 9.25. The van der Waals surface area contributed by atoms with Crippen LogP contribution in [0.5, 0.6) is 0 Å². The van der Waals surface area contributed by atoms with Gasteiger partial charge in [0.1, 0.15) is 6.61 Å². The molecule has 0 bridgehead atoms. The van der Waals surface area contributed by atoms with Crippen LogP contribution in [-0.4, -0.2) is 43.3 Å². The molecule has 1 N–H and O–H groups in total. The minimum atomic E-state index is -0.947. The summed E-state index contributed by atoms with van der Waals surface area (Å²) in [7, 11) is 0. The number of carbonyl (C=O) groups excluding carboxylic acids is 1. The first kappa shape index (κ1) is 15.1. The molecule has 94 valence electrons. The highest BCUT2D eigenvalue weighted by Gasteiger charge is 2.07. The fraction of sp³-hybridized carbons (Fsp3) is 0.727. The predicted octanol–water partition coefficient (Wildman–Crippen LogP) is 0.866. The standard InChI is InChI=1S/C11H20O5/c1-8(2)11(13)15-6-5-14-7-10(12)16-9(3)4/h9-10,12H,1,5-7H2,2-4H3. The van der Waals surface area contributed by atoms with Crippen LogP contribution < -0.4 is 0 Å². The van der Waals surface area contributed by atoms with Crippen LogP contribution >= 0.6 is 0 Å². The second kappa shape index (κ2) is 8.27. The highest BCUT2D eigenvalue weighted by molar-refractivity contribution is 5.86. The van der Waals surface area contributed by atoms with Gasteiger partial charge in [-0.3, -0.25) is 0 Å². The van der Waals surface area contributed by atoms with E-state index >= 15 is 0 Å². The van der Waals surface area contributed by atoms with Gasteiger partial charge in [0.25, 0.3) is 0 Å². The summed E-state index contributed by atoms with van der Waals surface area (Å²) in [6.07, 6.45) is -1.00. The molecule has 0 rings (SSSR count). The van der Waals surface area contributed by atoms with Crippen molar-refractivity contribution in [3.05, 3.63) is 12.2 Å². The molecule has 0 aliphatic carbocycles. The summed E-state index contributed by atoms with van der Waals surface area (Å²) < 4.78 is 14.8. The first-order valence-electron chi connectivity index (χ1n) is 5.17. The Kier molecular flexibility index (Phi) is 7.80. The van der Waals surface area contributed by atoms with E-state index < -0.39 is 12.3 Å². The van der Waals surface area contributed by atoms with Crippen molar-refractivity contribution >= 4 is 5.97 Å². The van der Waals surface area contributed by atoms with E-state index in [1.54, 1.807) is 6.92 Å². The lowest BCUT2D eigenvalue weighted by Crippen LogP contribution is -2.24. The topological polar surface area (TPSA) is 65.0 Å². The van der Waals surface area contributed by atoms with Gasteiger partial charge in [0.05, 0.1) is 19.3 Å². The maximum absolute atomic E-state index is 10.9. The SMILES string of the molecule is C=C(C)C(=O)OCCOCC(O)OC(C)C. The largest absolute Gasteiger partial charge is 0.460 e. The quantitative estimate of drug-likeness (QED) is 0.291. The Morgan fingerprint density at radius 2 is 2.00 bits per heavy atom. The molecule has 0 aliphatic rings. The fourth-order valence-corrected chi connectivity index (χ4v) is 0.854. The molecule has 0 aromatic heterocycles. The van der Waals surface area contributed by atoms with E-state index in [0.29, 0.717) is 5.57 Å². The van der Waals surface area contributed by atoms with Crippen molar-refractivity contribution in [1.82, 2.24) is 0 Å². The Morgan fingerprint density at radius 3 is 2.50 bits per heavy atom. The molecule has 1 atom stereocenters. The molecule has 0 saturated heterocycles. The number of carbonyl (C=O) groups is 1. The lowest BCUT2D eigenvalue weighted by atomic mass is 10.4. The summed E-state index contributed by atoms with van der Waals surface area (Å²) in [6, 6.07) is 0. The Labute approximate surface area is 96.0 Å². The minimum Gasteiger partial charge on any atom is -0.460 e. The molecule has 0 spiro atoms. The molecular formula is C11H20O5. The van der Waals surface area contributed by atoms with Crippen molar-refractivity contribution in [2.24, 2.45) is 0 Å². The van der Waals surface area contributed by atoms with Gasteiger partial charge in [0, 0.05) is 5.57 Å². The molecule has 0 aliphatic heterocycles. The molecule has 0 aromatic carbocycles. The molecule has 0 amide bonds. The van der Waals surface area contributed by atoms with Gasteiger partial charge in [-0.2, -0.15) is 0 Å². The third kappa shape index (κ3) is 8.40. The van der Waals surface area contributed by atoms with Crippen molar-refractivity contribution in [3.8, 4) is 0 Å². The third-order valence-electron chi connectivity index (χ3n) is 1.50. The summed E-state index contributed by atoms with van der Waals surface area (Å²) >= 11 is 0. The maximum atomic E-state index is 10.9. The van der Waals surface area contributed by atoms with Crippen molar-refractivity contribution in [1.29, 1.82) is 0 Å². The van der Waals surface area contributed by atoms with Crippen LogP contribution in [0.1, 0.15) is 20.8 Å². The summed E-state index contributed by atoms with van der Waals surface area (Å²) in [6.45, 7) is 9.06. The lowest BCUT2D eigenvalue weighted by molar-refractivity contribution is -0.161.